The Morgan fingerprint density at radius 2 is 1.45 bits per heavy atom. The molecule has 1 aromatic rings. The maximum Gasteiger partial charge on any atom is 0.225 e. The minimum Gasteiger partial charge on any atom is -0.382 e. The van der Waals surface area contributed by atoms with Crippen molar-refractivity contribution >= 4 is 11.6 Å². The van der Waals surface area contributed by atoms with Gasteiger partial charge in [0.2, 0.25) is 5.91 Å². The van der Waals surface area contributed by atoms with E-state index < -0.39 is 0 Å². The van der Waals surface area contributed by atoms with E-state index in [0.717, 1.165) is 63.6 Å². The van der Waals surface area contributed by atoms with Gasteiger partial charge in [-0.05, 0) is 62.8 Å². The summed E-state index contributed by atoms with van der Waals surface area (Å²) < 4.78 is 13.1. The van der Waals surface area contributed by atoms with Crippen molar-refractivity contribution in [3.05, 3.63) is 30.1 Å². The van der Waals surface area contributed by atoms with E-state index in [1.807, 2.05) is 0 Å². The molecule has 4 nitrogen and oxygen atoms in total. The first-order valence-electron chi connectivity index (χ1n) is 11.7. The summed E-state index contributed by atoms with van der Waals surface area (Å²) in [5, 5.41) is 3.50. The number of piperazine rings is 1. The predicted octanol–water partition coefficient (Wildman–Crippen LogP) is 4.66. The molecule has 1 N–H and O–H groups in total. The fraction of sp³-hybridized carbons (Fsp3) is 0.708. The second kappa shape index (κ2) is 9.92. The molecule has 3 fully saturated rings. The number of benzene rings is 1. The monoisotopic (exact) mass is 401 g/mol. The molecule has 3 aliphatic rings. The Balaban J connectivity index is 1.20. The maximum atomic E-state index is 13.1. The first kappa shape index (κ1) is 20.6. The van der Waals surface area contributed by atoms with Crippen LogP contribution in [-0.2, 0) is 4.79 Å². The van der Waals surface area contributed by atoms with Gasteiger partial charge in [0, 0.05) is 49.9 Å². The van der Waals surface area contributed by atoms with E-state index in [1.54, 1.807) is 12.1 Å². The minimum atomic E-state index is -0.205. The summed E-state index contributed by atoms with van der Waals surface area (Å²) in [5.41, 5.74) is 0.968. The number of hydrogen-bond donors (Lipinski definition) is 1. The molecular weight excluding hydrogens is 365 g/mol. The first-order chi connectivity index (χ1) is 14.2. The lowest BCUT2D eigenvalue weighted by Gasteiger charge is -2.41. The van der Waals surface area contributed by atoms with Crippen LogP contribution >= 0.6 is 0 Å². The van der Waals surface area contributed by atoms with E-state index in [0.29, 0.717) is 11.9 Å². The molecule has 4 rings (SSSR count). The molecule has 0 radical (unpaired) electrons. The van der Waals surface area contributed by atoms with Crippen molar-refractivity contribution in [1.29, 1.82) is 0 Å². The molecule has 0 spiro atoms. The average Bonchev–Trinajstić information content (AvgIpc) is 3.05. The van der Waals surface area contributed by atoms with Gasteiger partial charge in [0.05, 0.1) is 0 Å². The lowest BCUT2D eigenvalue weighted by molar-refractivity contribution is -0.138. The number of amides is 1. The van der Waals surface area contributed by atoms with Crippen molar-refractivity contribution in [2.75, 3.05) is 31.5 Å². The van der Waals surface area contributed by atoms with Gasteiger partial charge in [-0.3, -0.25) is 9.69 Å². The van der Waals surface area contributed by atoms with Gasteiger partial charge < -0.3 is 10.2 Å². The van der Waals surface area contributed by atoms with Crippen LogP contribution in [0.5, 0.6) is 0 Å². The van der Waals surface area contributed by atoms with Crippen LogP contribution in [-0.4, -0.2) is 54.0 Å². The topological polar surface area (TPSA) is 35.6 Å². The zero-order chi connectivity index (χ0) is 20.1. The number of carbonyl (C=O) groups is 1. The van der Waals surface area contributed by atoms with Gasteiger partial charge in [0.15, 0.2) is 0 Å². The van der Waals surface area contributed by atoms with E-state index in [-0.39, 0.29) is 11.7 Å². The van der Waals surface area contributed by atoms with Crippen molar-refractivity contribution in [1.82, 2.24) is 9.80 Å². The molecule has 160 valence electrons. The Morgan fingerprint density at radius 3 is 2.07 bits per heavy atom. The number of anilines is 1. The Labute approximate surface area is 174 Å². The van der Waals surface area contributed by atoms with Crippen LogP contribution in [0.25, 0.3) is 0 Å². The molecule has 0 bridgehead atoms. The van der Waals surface area contributed by atoms with E-state index in [9.17, 15) is 9.18 Å². The fourth-order valence-corrected chi connectivity index (χ4v) is 5.46. The molecule has 0 aromatic heterocycles. The third kappa shape index (κ3) is 5.50. The first-order valence-corrected chi connectivity index (χ1v) is 11.7. The van der Waals surface area contributed by atoms with Crippen molar-refractivity contribution in [2.45, 2.75) is 76.3 Å². The van der Waals surface area contributed by atoms with Crippen LogP contribution in [0.4, 0.5) is 10.1 Å². The molecule has 0 unspecified atom stereocenters. The number of rotatable bonds is 4. The number of carbonyl (C=O) groups excluding carboxylic acids is 1. The quantitative estimate of drug-likeness (QED) is 0.745. The number of halogens is 1. The number of nitrogens with zero attached hydrogens (tertiary/aromatic N) is 2. The Bertz CT molecular complexity index is 641. The molecule has 2 saturated carbocycles. The molecule has 2 aliphatic carbocycles. The largest absolute Gasteiger partial charge is 0.382 e. The average molecular weight is 402 g/mol. The van der Waals surface area contributed by atoms with Crippen LogP contribution in [0.3, 0.4) is 0 Å². The fourth-order valence-electron chi connectivity index (χ4n) is 5.46. The van der Waals surface area contributed by atoms with Crippen LogP contribution in [0.1, 0.15) is 64.2 Å². The summed E-state index contributed by atoms with van der Waals surface area (Å²) in [6.45, 7) is 3.92. The second-order valence-electron chi connectivity index (χ2n) is 9.21. The highest BCUT2D eigenvalue weighted by Crippen LogP contribution is 2.29. The Morgan fingerprint density at radius 1 is 0.828 bits per heavy atom. The predicted molar refractivity (Wildman–Crippen MR) is 115 cm³/mol. The van der Waals surface area contributed by atoms with Gasteiger partial charge in [0.1, 0.15) is 5.82 Å². The van der Waals surface area contributed by atoms with Gasteiger partial charge in [-0.25, -0.2) is 4.39 Å². The Hall–Kier alpha value is -1.62. The zero-order valence-corrected chi connectivity index (χ0v) is 17.6. The van der Waals surface area contributed by atoms with E-state index >= 15 is 0 Å². The highest BCUT2D eigenvalue weighted by Gasteiger charge is 2.32. The third-order valence-corrected chi connectivity index (χ3v) is 7.26. The van der Waals surface area contributed by atoms with Crippen molar-refractivity contribution in [2.24, 2.45) is 5.92 Å². The number of hydrogen-bond acceptors (Lipinski definition) is 3. The van der Waals surface area contributed by atoms with Crippen molar-refractivity contribution in [3.8, 4) is 0 Å². The van der Waals surface area contributed by atoms with Crippen molar-refractivity contribution < 1.29 is 9.18 Å². The van der Waals surface area contributed by atoms with Crippen molar-refractivity contribution in [3.63, 3.8) is 0 Å². The normalized spacial score (nSPS) is 27.4. The summed E-state index contributed by atoms with van der Waals surface area (Å²) in [4.78, 5) is 17.8. The number of nitrogens with one attached hydrogen (secondary N) is 1. The smallest absolute Gasteiger partial charge is 0.225 e. The van der Waals surface area contributed by atoms with Crippen LogP contribution in [0, 0.1) is 11.7 Å². The van der Waals surface area contributed by atoms with Gasteiger partial charge in [0.25, 0.3) is 0 Å². The molecule has 29 heavy (non-hydrogen) atoms. The Kier molecular flexibility index (Phi) is 7.06. The van der Waals surface area contributed by atoms with E-state index in [4.69, 9.17) is 0 Å². The summed E-state index contributed by atoms with van der Waals surface area (Å²) in [7, 11) is 0. The van der Waals surface area contributed by atoms with Crippen LogP contribution in [0.2, 0.25) is 0 Å². The zero-order valence-electron chi connectivity index (χ0n) is 17.6. The van der Waals surface area contributed by atoms with E-state index in [2.05, 4.69) is 15.1 Å². The lowest BCUT2D eigenvalue weighted by atomic mass is 9.85. The summed E-state index contributed by atoms with van der Waals surface area (Å²) in [6, 6.07) is 7.71. The van der Waals surface area contributed by atoms with Gasteiger partial charge >= 0.3 is 0 Å². The molecule has 0 atom stereocenters. The van der Waals surface area contributed by atoms with Gasteiger partial charge in [-0.2, -0.15) is 0 Å². The summed E-state index contributed by atoms with van der Waals surface area (Å²) >= 11 is 0. The lowest BCUT2D eigenvalue weighted by Crippen LogP contribution is -2.53. The van der Waals surface area contributed by atoms with Gasteiger partial charge in [-0.15, -0.1) is 0 Å². The highest BCUT2D eigenvalue weighted by molar-refractivity contribution is 5.79. The molecular formula is C24H36FN3O. The summed E-state index contributed by atoms with van der Waals surface area (Å²) in [6.07, 6.45) is 12.2. The second-order valence-corrected chi connectivity index (χ2v) is 9.21. The molecule has 1 aliphatic heterocycles. The molecule has 5 heteroatoms. The van der Waals surface area contributed by atoms with Crippen LogP contribution in [0.15, 0.2) is 24.3 Å². The SMILES string of the molecule is O=C(C1CCC(Nc2ccc(F)cc2)CC1)N1CCN(C2CCCCCC2)CC1. The van der Waals surface area contributed by atoms with E-state index in [1.165, 1.54) is 50.7 Å². The highest BCUT2D eigenvalue weighted by atomic mass is 19.1. The third-order valence-electron chi connectivity index (χ3n) is 7.26. The molecule has 1 heterocycles. The molecule has 1 aromatic carbocycles. The molecule has 1 saturated heterocycles. The van der Waals surface area contributed by atoms with Gasteiger partial charge in [-0.1, -0.05) is 25.7 Å². The van der Waals surface area contributed by atoms with Crippen LogP contribution < -0.4 is 5.32 Å². The molecule has 1 amide bonds. The summed E-state index contributed by atoms with van der Waals surface area (Å²) in [5.74, 6) is 0.362. The standard InChI is InChI=1S/C24H36FN3O/c25-20-9-13-22(14-10-20)26-21-11-7-19(8-12-21)24(29)28-17-15-27(16-18-28)23-5-3-1-2-4-6-23/h9-10,13-14,19,21,23,26H,1-8,11-12,15-18H2. The minimum absolute atomic E-state index is 0.186. The maximum absolute atomic E-state index is 13.1.